The molecule has 0 amide bonds. The molecule has 2 nitrogen and oxygen atoms in total. The minimum Gasteiger partial charge on any atom is -1.00 e. The Morgan fingerprint density at radius 2 is 1.85 bits per heavy atom. The fourth-order valence-electron chi connectivity index (χ4n) is 0.976. The monoisotopic (exact) mass is 199 g/mol. The first-order chi connectivity index (χ1) is 5.77. The smallest absolute Gasteiger partial charge is 0.204 e. The standard InChI is InChI=1S/C10H14NO.ClH/c1-4-11(2)9-5-7-10(12-3)8-6-9;/h5-8H,2,4H2,1,3H3;1H/q+1;/p-1. The third-order valence-corrected chi connectivity index (χ3v) is 1.82. The first-order valence-electron chi connectivity index (χ1n) is 4.00. The molecular weight excluding hydrogens is 186 g/mol. The highest BCUT2D eigenvalue weighted by Gasteiger charge is 2.01. The summed E-state index contributed by atoms with van der Waals surface area (Å²) in [6.45, 7) is 6.85. The van der Waals surface area contributed by atoms with E-state index in [9.17, 15) is 0 Å². The molecule has 0 bridgehead atoms. The number of halogens is 1. The van der Waals surface area contributed by atoms with Crippen molar-refractivity contribution in [2.24, 2.45) is 0 Å². The van der Waals surface area contributed by atoms with E-state index >= 15 is 0 Å². The zero-order valence-electron chi connectivity index (χ0n) is 7.96. The van der Waals surface area contributed by atoms with Crippen molar-refractivity contribution in [2.45, 2.75) is 6.92 Å². The molecule has 0 radical (unpaired) electrons. The maximum atomic E-state index is 5.04. The van der Waals surface area contributed by atoms with Gasteiger partial charge in [-0.15, -0.1) is 0 Å². The molecule has 72 valence electrons. The minimum atomic E-state index is 0. The van der Waals surface area contributed by atoms with E-state index in [0.717, 1.165) is 18.0 Å². The largest absolute Gasteiger partial charge is 1.00 e. The summed E-state index contributed by atoms with van der Waals surface area (Å²) in [5, 5.41) is 0. The number of hydrogen-bond acceptors (Lipinski definition) is 1. The molecule has 0 fully saturated rings. The van der Waals surface area contributed by atoms with Crippen molar-refractivity contribution in [1.82, 2.24) is 0 Å². The van der Waals surface area contributed by atoms with E-state index < -0.39 is 0 Å². The van der Waals surface area contributed by atoms with Gasteiger partial charge in [0.25, 0.3) is 0 Å². The van der Waals surface area contributed by atoms with E-state index in [4.69, 9.17) is 4.74 Å². The van der Waals surface area contributed by atoms with Gasteiger partial charge in [-0.3, -0.25) is 0 Å². The van der Waals surface area contributed by atoms with Crippen molar-refractivity contribution >= 4 is 12.4 Å². The summed E-state index contributed by atoms with van der Waals surface area (Å²) in [5.74, 6) is 0.878. The van der Waals surface area contributed by atoms with Gasteiger partial charge in [0, 0.05) is 12.1 Å². The van der Waals surface area contributed by atoms with Crippen LogP contribution in [0.3, 0.4) is 0 Å². The molecular formula is C10H14ClNO. The number of hydrogen-bond donors (Lipinski definition) is 0. The van der Waals surface area contributed by atoms with Gasteiger partial charge in [0.1, 0.15) is 19.0 Å². The molecule has 1 rings (SSSR count). The number of rotatable bonds is 3. The Morgan fingerprint density at radius 1 is 1.31 bits per heavy atom. The Balaban J connectivity index is 0.00000144. The van der Waals surface area contributed by atoms with Crippen LogP contribution in [0.1, 0.15) is 6.92 Å². The second kappa shape index (κ2) is 5.60. The zero-order chi connectivity index (χ0) is 8.97. The van der Waals surface area contributed by atoms with Gasteiger partial charge in [0.05, 0.1) is 7.11 Å². The number of methoxy groups -OCH3 is 1. The van der Waals surface area contributed by atoms with Crippen LogP contribution in [0.15, 0.2) is 24.3 Å². The van der Waals surface area contributed by atoms with Gasteiger partial charge in [-0.1, -0.05) is 0 Å². The Hall–Kier alpha value is -1.02. The van der Waals surface area contributed by atoms with Crippen LogP contribution in [0.5, 0.6) is 5.75 Å². The summed E-state index contributed by atoms with van der Waals surface area (Å²) in [4.78, 5) is 0. The third kappa shape index (κ3) is 3.07. The molecule has 0 unspecified atom stereocenters. The van der Waals surface area contributed by atoms with E-state index in [0.29, 0.717) is 0 Å². The first kappa shape index (κ1) is 12.0. The van der Waals surface area contributed by atoms with Crippen molar-refractivity contribution in [3.05, 3.63) is 24.3 Å². The SMILES string of the molecule is C=[N+](CC)c1ccc(OC)cc1.[Cl-]. The number of nitrogens with zero attached hydrogens (tertiary/aromatic N) is 1. The summed E-state index contributed by atoms with van der Waals surface area (Å²) < 4.78 is 6.97. The van der Waals surface area contributed by atoms with Crippen molar-refractivity contribution in [2.75, 3.05) is 13.7 Å². The zero-order valence-corrected chi connectivity index (χ0v) is 8.71. The van der Waals surface area contributed by atoms with Crippen LogP contribution < -0.4 is 17.1 Å². The highest BCUT2D eigenvalue weighted by Crippen LogP contribution is 2.16. The number of benzene rings is 1. The molecule has 0 saturated heterocycles. The molecule has 1 aromatic carbocycles. The van der Waals surface area contributed by atoms with Crippen molar-refractivity contribution in [3.63, 3.8) is 0 Å². The molecule has 0 N–H and O–H groups in total. The summed E-state index contributed by atoms with van der Waals surface area (Å²) in [6, 6.07) is 7.86. The lowest BCUT2D eigenvalue weighted by Crippen LogP contribution is -3.00. The Morgan fingerprint density at radius 3 is 2.23 bits per heavy atom. The summed E-state index contributed by atoms with van der Waals surface area (Å²) in [6.07, 6.45) is 0. The van der Waals surface area contributed by atoms with E-state index in [1.54, 1.807) is 7.11 Å². The fraction of sp³-hybridized carbons (Fsp3) is 0.300. The van der Waals surface area contributed by atoms with Crippen LogP contribution >= 0.6 is 0 Å². The van der Waals surface area contributed by atoms with E-state index in [1.165, 1.54) is 0 Å². The predicted molar refractivity (Wildman–Crippen MR) is 50.6 cm³/mol. The van der Waals surface area contributed by atoms with Crippen molar-refractivity contribution in [1.29, 1.82) is 0 Å². The van der Waals surface area contributed by atoms with Gasteiger partial charge in [0.2, 0.25) is 5.69 Å². The molecule has 13 heavy (non-hydrogen) atoms. The molecule has 0 spiro atoms. The minimum absolute atomic E-state index is 0. The third-order valence-electron chi connectivity index (χ3n) is 1.82. The maximum absolute atomic E-state index is 5.04. The van der Waals surface area contributed by atoms with E-state index in [1.807, 2.05) is 28.8 Å². The molecule has 0 aliphatic carbocycles. The van der Waals surface area contributed by atoms with Gasteiger partial charge in [0.15, 0.2) is 0 Å². The van der Waals surface area contributed by atoms with Crippen LogP contribution in [-0.2, 0) is 0 Å². The average Bonchev–Trinajstić information content (AvgIpc) is 2.17. The molecule has 1 aromatic rings. The highest BCUT2D eigenvalue weighted by molar-refractivity contribution is 5.38. The Bertz CT molecular complexity index is 269. The van der Waals surface area contributed by atoms with Gasteiger partial charge in [-0.05, 0) is 19.1 Å². The van der Waals surface area contributed by atoms with E-state index in [2.05, 4.69) is 13.6 Å². The highest BCUT2D eigenvalue weighted by atomic mass is 35.5. The molecule has 0 heterocycles. The van der Waals surface area contributed by atoms with Gasteiger partial charge < -0.3 is 17.1 Å². The normalized spacial score (nSPS) is 8.77. The maximum Gasteiger partial charge on any atom is 0.204 e. The van der Waals surface area contributed by atoms with Crippen LogP contribution in [0, 0.1) is 0 Å². The van der Waals surface area contributed by atoms with Crippen LogP contribution in [0.25, 0.3) is 0 Å². The summed E-state index contributed by atoms with van der Waals surface area (Å²) >= 11 is 0. The Labute approximate surface area is 85.3 Å². The van der Waals surface area contributed by atoms with Crippen LogP contribution in [-0.4, -0.2) is 24.9 Å². The second-order valence-electron chi connectivity index (χ2n) is 2.55. The molecule has 0 aliphatic rings. The van der Waals surface area contributed by atoms with Gasteiger partial charge in [-0.2, -0.15) is 0 Å². The van der Waals surface area contributed by atoms with E-state index in [-0.39, 0.29) is 12.4 Å². The molecule has 0 atom stereocenters. The van der Waals surface area contributed by atoms with Gasteiger partial charge in [-0.25, -0.2) is 4.58 Å². The molecule has 0 saturated carbocycles. The number of ether oxygens (including phenoxy) is 1. The fourth-order valence-corrected chi connectivity index (χ4v) is 0.976. The lowest BCUT2D eigenvalue weighted by Gasteiger charge is -1.99. The lowest BCUT2D eigenvalue weighted by molar-refractivity contribution is -0.426. The van der Waals surface area contributed by atoms with Crippen LogP contribution in [0.4, 0.5) is 5.69 Å². The van der Waals surface area contributed by atoms with Crippen molar-refractivity contribution < 1.29 is 21.7 Å². The molecule has 3 heteroatoms. The average molecular weight is 200 g/mol. The van der Waals surface area contributed by atoms with Gasteiger partial charge >= 0.3 is 0 Å². The quantitative estimate of drug-likeness (QED) is 0.453. The summed E-state index contributed by atoms with van der Waals surface area (Å²) in [5.41, 5.74) is 1.11. The predicted octanol–water partition coefficient (Wildman–Crippen LogP) is -0.936. The Kier molecular flexibility index (Phi) is 5.16. The lowest BCUT2D eigenvalue weighted by atomic mass is 10.3. The van der Waals surface area contributed by atoms with Crippen LogP contribution in [0.2, 0.25) is 0 Å². The molecule has 0 aliphatic heterocycles. The topological polar surface area (TPSA) is 12.2 Å². The first-order valence-corrected chi connectivity index (χ1v) is 4.00. The second-order valence-corrected chi connectivity index (χ2v) is 2.55. The summed E-state index contributed by atoms with van der Waals surface area (Å²) in [7, 11) is 1.66. The van der Waals surface area contributed by atoms with Crippen molar-refractivity contribution in [3.8, 4) is 5.75 Å². The molecule has 0 aromatic heterocycles.